The van der Waals surface area contributed by atoms with Gasteiger partial charge in [0.15, 0.2) is 0 Å². The van der Waals surface area contributed by atoms with Crippen LogP contribution in [0.5, 0.6) is 0 Å². The van der Waals surface area contributed by atoms with Crippen molar-refractivity contribution in [2.24, 2.45) is 0 Å². The first-order valence-electron chi connectivity index (χ1n) is 6.96. The van der Waals surface area contributed by atoms with E-state index < -0.39 is 5.97 Å². The van der Waals surface area contributed by atoms with Crippen LogP contribution in [0.2, 0.25) is 0 Å². The van der Waals surface area contributed by atoms with Gasteiger partial charge in [0.25, 0.3) is 5.91 Å². The fourth-order valence-corrected chi connectivity index (χ4v) is 2.49. The second kappa shape index (κ2) is 9.41. The van der Waals surface area contributed by atoms with Crippen LogP contribution >= 0.6 is 11.5 Å². The van der Waals surface area contributed by atoms with E-state index in [1.165, 1.54) is 0 Å². The van der Waals surface area contributed by atoms with Crippen molar-refractivity contribution in [1.82, 2.24) is 14.9 Å². The van der Waals surface area contributed by atoms with Gasteiger partial charge >= 0.3 is 5.97 Å². The molecule has 0 aliphatic carbocycles. The van der Waals surface area contributed by atoms with Gasteiger partial charge in [0.1, 0.15) is 4.88 Å². The summed E-state index contributed by atoms with van der Waals surface area (Å²) in [6.45, 7) is 2.59. The molecule has 1 amide bonds. The fourth-order valence-electron chi connectivity index (χ4n) is 1.83. The van der Waals surface area contributed by atoms with Crippen LogP contribution in [0.15, 0.2) is 0 Å². The molecule has 1 aromatic heterocycles. The van der Waals surface area contributed by atoms with Crippen LogP contribution in [-0.2, 0) is 11.2 Å². The van der Waals surface area contributed by atoms with E-state index in [1.807, 2.05) is 6.92 Å². The molecular formula is C13H21N3O3S. The van der Waals surface area contributed by atoms with Gasteiger partial charge in [0, 0.05) is 13.0 Å². The lowest BCUT2D eigenvalue weighted by atomic mass is 10.1. The molecule has 7 heteroatoms. The van der Waals surface area contributed by atoms with Crippen molar-refractivity contribution in [3.05, 3.63) is 10.6 Å². The Morgan fingerprint density at radius 2 is 1.90 bits per heavy atom. The topological polar surface area (TPSA) is 92.2 Å². The zero-order valence-electron chi connectivity index (χ0n) is 11.7. The number of carboxylic acid groups (broad SMARTS) is 1. The molecule has 0 aromatic carbocycles. The molecule has 0 aliphatic heterocycles. The van der Waals surface area contributed by atoms with E-state index in [1.54, 1.807) is 0 Å². The summed E-state index contributed by atoms with van der Waals surface area (Å²) in [4.78, 5) is 22.8. The highest BCUT2D eigenvalue weighted by Crippen LogP contribution is 2.11. The van der Waals surface area contributed by atoms with Gasteiger partial charge < -0.3 is 10.4 Å². The Morgan fingerprint density at radius 3 is 2.60 bits per heavy atom. The summed E-state index contributed by atoms with van der Waals surface area (Å²) in [6, 6.07) is 0. The number of carbonyl (C=O) groups excluding carboxylic acids is 1. The molecule has 20 heavy (non-hydrogen) atoms. The summed E-state index contributed by atoms with van der Waals surface area (Å²) in [7, 11) is 0. The number of nitrogens with zero attached hydrogens (tertiary/aromatic N) is 2. The summed E-state index contributed by atoms with van der Waals surface area (Å²) in [5, 5.41) is 15.3. The number of carboxylic acids is 1. The molecule has 0 bridgehead atoms. The lowest BCUT2D eigenvalue weighted by molar-refractivity contribution is -0.137. The molecule has 1 heterocycles. The first-order chi connectivity index (χ1) is 9.65. The average molecular weight is 299 g/mol. The van der Waals surface area contributed by atoms with E-state index in [4.69, 9.17) is 5.11 Å². The number of unbranched alkanes of at least 4 members (excludes halogenated alkanes) is 4. The van der Waals surface area contributed by atoms with Crippen molar-refractivity contribution in [1.29, 1.82) is 0 Å². The SMILES string of the molecule is CCc1nnsc1C(=O)NCCCCCCCC(=O)O. The molecule has 0 spiro atoms. The van der Waals surface area contributed by atoms with Crippen LogP contribution < -0.4 is 5.32 Å². The molecule has 0 atom stereocenters. The summed E-state index contributed by atoms with van der Waals surface area (Å²) in [5.41, 5.74) is 0.751. The zero-order valence-corrected chi connectivity index (χ0v) is 12.5. The molecule has 6 nitrogen and oxygen atoms in total. The molecule has 0 saturated carbocycles. The van der Waals surface area contributed by atoms with E-state index >= 15 is 0 Å². The third kappa shape index (κ3) is 6.10. The van der Waals surface area contributed by atoms with Crippen molar-refractivity contribution in [2.45, 2.75) is 51.9 Å². The summed E-state index contributed by atoms with van der Waals surface area (Å²) < 4.78 is 3.79. The molecule has 0 fully saturated rings. The van der Waals surface area contributed by atoms with Crippen LogP contribution in [0, 0.1) is 0 Å². The number of rotatable bonds is 10. The van der Waals surface area contributed by atoms with Crippen LogP contribution in [0.1, 0.15) is 60.8 Å². The van der Waals surface area contributed by atoms with Gasteiger partial charge in [0.05, 0.1) is 5.69 Å². The van der Waals surface area contributed by atoms with Crippen molar-refractivity contribution >= 4 is 23.4 Å². The number of hydrogen-bond acceptors (Lipinski definition) is 5. The smallest absolute Gasteiger partial charge is 0.303 e. The van der Waals surface area contributed by atoms with Gasteiger partial charge in [-0.1, -0.05) is 30.7 Å². The predicted octanol–water partition coefficient (Wildman–Crippen LogP) is 2.26. The first-order valence-corrected chi connectivity index (χ1v) is 7.73. The van der Waals surface area contributed by atoms with Gasteiger partial charge in [-0.05, 0) is 30.8 Å². The fraction of sp³-hybridized carbons (Fsp3) is 0.692. The minimum atomic E-state index is -0.734. The summed E-state index contributed by atoms with van der Waals surface area (Å²) in [6.07, 6.45) is 5.53. The van der Waals surface area contributed by atoms with Crippen LogP contribution in [0.4, 0.5) is 0 Å². The minimum Gasteiger partial charge on any atom is -0.481 e. The highest BCUT2D eigenvalue weighted by molar-refractivity contribution is 7.08. The van der Waals surface area contributed by atoms with Gasteiger partial charge in [-0.25, -0.2) is 0 Å². The largest absolute Gasteiger partial charge is 0.481 e. The zero-order chi connectivity index (χ0) is 14.8. The van der Waals surface area contributed by atoms with E-state index in [2.05, 4.69) is 14.9 Å². The molecule has 0 radical (unpaired) electrons. The summed E-state index contributed by atoms with van der Waals surface area (Å²) in [5.74, 6) is -0.829. The molecule has 1 rings (SSSR count). The third-order valence-electron chi connectivity index (χ3n) is 2.95. The highest BCUT2D eigenvalue weighted by atomic mass is 32.1. The molecule has 0 aliphatic rings. The Morgan fingerprint density at radius 1 is 1.20 bits per heavy atom. The number of nitrogens with one attached hydrogen (secondary N) is 1. The minimum absolute atomic E-state index is 0.0947. The quantitative estimate of drug-likeness (QED) is 0.646. The Balaban J connectivity index is 2.07. The van der Waals surface area contributed by atoms with Gasteiger partial charge in [0.2, 0.25) is 0 Å². The maximum atomic E-state index is 11.8. The van der Waals surface area contributed by atoms with Crippen molar-refractivity contribution in [3.63, 3.8) is 0 Å². The molecular weight excluding hydrogens is 278 g/mol. The first kappa shape index (κ1) is 16.6. The van der Waals surface area contributed by atoms with Crippen molar-refractivity contribution in [2.75, 3.05) is 6.54 Å². The van der Waals surface area contributed by atoms with Crippen LogP contribution in [0.25, 0.3) is 0 Å². The molecule has 112 valence electrons. The van der Waals surface area contributed by atoms with Crippen molar-refractivity contribution < 1.29 is 14.7 Å². The Kier molecular flexibility index (Phi) is 7.79. The van der Waals surface area contributed by atoms with Crippen molar-refractivity contribution in [3.8, 4) is 0 Å². The van der Waals surface area contributed by atoms with Gasteiger partial charge in [-0.15, -0.1) is 5.10 Å². The number of carbonyl (C=O) groups is 2. The van der Waals surface area contributed by atoms with Crippen LogP contribution in [-0.4, -0.2) is 33.1 Å². The van der Waals surface area contributed by atoms with E-state index in [0.29, 0.717) is 17.8 Å². The second-order valence-electron chi connectivity index (χ2n) is 4.57. The molecule has 1 aromatic rings. The van der Waals surface area contributed by atoms with E-state index in [0.717, 1.165) is 49.3 Å². The Hall–Kier alpha value is -1.50. The Bertz CT molecular complexity index is 434. The standard InChI is InChI=1S/C13H21N3O3S/c1-2-10-12(20-16-15-10)13(19)14-9-7-5-3-4-6-8-11(17)18/h2-9H2,1H3,(H,14,19)(H,17,18). The molecule has 2 N–H and O–H groups in total. The Labute approximate surface area is 122 Å². The van der Waals surface area contributed by atoms with Gasteiger partial charge in [-0.2, -0.15) is 0 Å². The molecule has 0 unspecified atom stereocenters. The van der Waals surface area contributed by atoms with E-state index in [-0.39, 0.29) is 12.3 Å². The van der Waals surface area contributed by atoms with E-state index in [9.17, 15) is 9.59 Å². The van der Waals surface area contributed by atoms with Gasteiger partial charge in [-0.3, -0.25) is 9.59 Å². The number of aliphatic carboxylic acids is 1. The number of aromatic nitrogens is 2. The highest BCUT2D eigenvalue weighted by Gasteiger charge is 2.13. The normalized spacial score (nSPS) is 10.4. The maximum Gasteiger partial charge on any atom is 0.303 e. The van der Waals surface area contributed by atoms with Crippen LogP contribution in [0.3, 0.4) is 0 Å². The predicted molar refractivity (Wildman–Crippen MR) is 77.0 cm³/mol. The monoisotopic (exact) mass is 299 g/mol. The summed E-state index contributed by atoms with van der Waals surface area (Å²) >= 11 is 1.13. The molecule has 0 saturated heterocycles. The lowest BCUT2D eigenvalue weighted by Gasteiger charge is -2.04. The number of aryl methyl sites for hydroxylation is 1. The maximum absolute atomic E-state index is 11.8. The second-order valence-corrected chi connectivity index (χ2v) is 5.32. The average Bonchev–Trinajstić information content (AvgIpc) is 2.89. The lowest BCUT2D eigenvalue weighted by Crippen LogP contribution is -2.24. The number of hydrogen-bond donors (Lipinski definition) is 2. The third-order valence-corrected chi connectivity index (χ3v) is 3.72. The number of amides is 1.